The Labute approximate surface area is 176 Å². The normalized spacial score (nSPS) is 13.1. The van der Waals surface area contributed by atoms with E-state index in [1.807, 2.05) is 56.6 Å². The molecule has 156 valence electrons. The Kier molecular flexibility index (Phi) is 5.10. The van der Waals surface area contributed by atoms with Gasteiger partial charge in [0.25, 0.3) is 0 Å². The first-order valence-corrected chi connectivity index (χ1v) is 10.9. The predicted molar refractivity (Wildman–Crippen MR) is 117 cm³/mol. The van der Waals surface area contributed by atoms with E-state index in [0.717, 1.165) is 16.9 Å². The van der Waals surface area contributed by atoms with Crippen LogP contribution in [0, 0.1) is 6.92 Å². The molecule has 4 aromatic rings. The summed E-state index contributed by atoms with van der Waals surface area (Å²) in [5, 5.41) is 8.40. The molecule has 4 rings (SSSR count). The fourth-order valence-electron chi connectivity index (χ4n) is 3.05. The van der Waals surface area contributed by atoms with Crippen LogP contribution in [0.2, 0.25) is 0 Å². The number of aromatic nitrogens is 7. The zero-order valence-electron chi connectivity index (χ0n) is 17.4. The number of nitrogens with zero attached hydrogens (tertiary/aromatic N) is 7. The van der Waals surface area contributed by atoms with Gasteiger partial charge in [0.05, 0.1) is 18.1 Å². The number of rotatable bonds is 5. The molecule has 0 aliphatic carbocycles. The summed E-state index contributed by atoms with van der Waals surface area (Å²) >= 11 is 0. The number of fused-ring (bicyclic) bond motifs is 1. The minimum atomic E-state index is -1.01. The molecule has 0 saturated heterocycles. The number of nitrogen functional groups attached to an aromatic ring is 1. The van der Waals surface area contributed by atoms with E-state index in [1.165, 1.54) is 4.80 Å². The van der Waals surface area contributed by atoms with E-state index in [9.17, 15) is 4.21 Å². The van der Waals surface area contributed by atoms with E-state index in [2.05, 4.69) is 20.2 Å². The number of pyridine rings is 1. The Morgan fingerprint density at radius 1 is 1.13 bits per heavy atom. The first-order chi connectivity index (χ1) is 14.2. The molecule has 0 radical (unpaired) electrons. The number of anilines is 1. The predicted octanol–water partition coefficient (Wildman–Crippen LogP) is 2.35. The second kappa shape index (κ2) is 7.60. The average Bonchev–Trinajstić information content (AvgIpc) is 3.36. The Morgan fingerprint density at radius 2 is 1.87 bits per heavy atom. The van der Waals surface area contributed by atoms with Crippen molar-refractivity contribution >= 4 is 22.3 Å². The molecule has 0 fully saturated rings. The van der Waals surface area contributed by atoms with Crippen LogP contribution in [0.1, 0.15) is 32.2 Å². The number of nitrogens with two attached hydrogens (primary N) is 1. The molecule has 0 spiro atoms. The molecule has 0 aromatic carbocycles. The molecule has 4 heterocycles. The minimum Gasteiger partial charge on any atom is -0.382 e. The first kappa shape index (κ1) is 20.1. The molecular weight excluding hydrogens is 400 g/mol. The smallest absolute Gasteiger partial charge is 0.202 e. The van der Waals surface area contributed by atoms with Crippen molar-refractivity contribution in [3.05, 3.63) is 48.3 Å². The van der Waals surface area contributed by atoms with Crippen molar-refractivity contribution in [2.75, 3.05) is 11.5 Å². The zero-order chi connectivity index (χ0) is 21.5. The molecule has 9 nitrogen and oxygen atoms in total. The standard InChI is InChI=1S/C20H24N8OS/c1-13-11-22-16-6-5-14(12-27(13)16)17-19(28-23-8-9-24-28)26-18(21)15(25-17)7-10-30(29)20(2,3)4/h5-6,8-9,11-12H,7,10H2,1-4H3,(H2,21,26). The number of hydrogen-bond donors (Lipinski definition) is 1. The number of imidazole rings is 1. The summed E-state index contributed by atoms with van der Waals surface area (Å²) in [6, 6.07) is 3.86. The lowest BCUT2D eigenvalue weighted by molar-refractivity contribution is 0.647. The highest BCUT2D eigenvalue weighted by molar-refractivity contribution is 7.86. The van der Waals surface area contributed by atoms with Crippen LogP contribution in [0.4, 0.5) is 5.82 Å². The summed E-state index contributed by atoms with van der Waals surface area (Å²) < 4.78 is 14.2. The van der Waals surface area contributed by atoms with Gasteiger partial charge in [-0.1, -0.05) is 0 Å². The molecule has 1 atom stereocenters. The summed E-state index contributed by atoms with van der Waals surface area (Å²) in [6.07, 6.45) is 7.39. The third-order valence-electron chi connectivity index (χ3n) is 4.76. The molecule has 10 heteroatoms. The van der Waals surface area contributed by atoms with Gasteiger partial charge in [-0.25, -0.2) is 15.0 Å². The monoisotopic (exact) mass is 424 g/mol. The first-order valence-electron chi connectivity index (χ1n) is 9.59. The van der Waals surface area contributed by atoms with Gasteiger partial charge in [0.1, 0.15) is 17.2 Å². The van der Waals surface area contributed by atoms with E-state index in [1.54, 1.807) is 12.4 Å². The second-order valence-corrected chi connectivity index (χ2v) is 10.3. The molecule has 0 amide bonds. The molecule has 0 bridgehead atoms. The van der Waals surface area contributed by atoms with Crippen LogP contribution in [-0.2, 0) is 17.2 Å². The van der Waals surface area contributed by atoms with Crippen LogP contribution < -0.4 is 5.73 Å². The maximum Gasteiger partial charge on any atom is 0.202 e. The van der Waals surface area contributed by atoms with Gasteiger partial charge < -0.3 is 10.1 Å². The van der Waals surface area contributed by atoms with E-state index < -0.39 is 10.8 Å². The summed E-state index contributed by atoms with van der Waals surface area (Å²) in [6.45, 7) is 7.86. The lowest BCUT2D eigenvalue weighted by atomic mass is 10.2. The molecule has 2 N–H and O–H groups in total. The van der Waals surface area contributed by atoms with Gasteiger partial charge in [-0.05, 0) is 39.8 Å². The molecule has 1 unspecified atom stereocenters. The topological polar surface area (TPSA) is 117 Å². The Morgan fingerprint density at radius 3 is 2.57 bits per heavy atom. The highest BCUT2D eigenvalue weighted by Gasteiger charge is 2.22. The maximum atomic E-state index is 12.5. The summed E-state index contributed by atoms with van der Waals surface area (Å²) in [4.78, 5) is 15.1. The lowest BCUT2D eigenvalue weighted by Gasteiger charge is -2.18. The van der Waals surface area contributed by atoms with Crippen molar-refractivity contribution in [2.45, 2.75) is 38.9 Å². The Hall–Kier alpha value is -3.14. The van der Waals surface area contributed by atoms with Crippen LogP contribution in [0.5, 0.6) is 0 Å². The van der Waals surface area contributed by atoms with Crippen molar-refractivity contribution in [1.29, 1.82) is 0 Å². The van der Waals surface area contributed by atoms with Crippen molar-refractivity contribution in [3.8, 4) is 17.1 Å². The zero-order valence-corrected chi connectivity index (χ0v) is 18.2. The number of hydrogen-bond acceptors (Lipinski definition) is 7. The molecule has 30 heavy (non-hydrogen) atoms. The lowest BCUT2D eigenvalue weighted by Crippen LogP contribution is -2.25. The van der Waals surface area contributed by atoms with Crippen LogP contribution in [0.3, 0.4) is 0 Å². The molecule has 0 saturated carbocycles. The maximum absolute atomic E-state index is 12.5. The summed E-state index contributed by atoms with van der Waals surface area (Å²) in [5.41, 5.74) is 10.1. The van der Waals surface area contributed by atoms with E-state index in [0.29, 0.717) is 29.4 Å². The van der Waals surface area contributed by atoms with Crippen LogP contribution >= 0.6 is 0 Å². The van der Waals surface area contributed by atoms with E-state index in [-0.39, 0.29) is 10.6 Å². The quantitative estimate of drug-likeness (QED) is 0.522. The molecular formula is C20H24N8OS. The fourth-order valence-corrected chi connectivity index (χ4v) is 4.05. The van der Waals surface area contributed by atoms with Crippen molar-refractivity contribution in [2.24, 2.45) is 0 Å². The second-order valence-electron chi connectivity index (χ2n) is 8.00. The van der Waals surface area contributed by atoms with Gasteiger partial charge in [0, 0.05) is 51.4 Å². The minimum absolute atomic E-state index is 0.289. The Balaban J connectivity index is 1.81. The van der Waals surface area contributed by atoms with Gasteiger partial charge in [-0.15, -0.1) is 4.80 Å². The summed E-state index contributed by atoms with van der Waals surface area (Å²) in [5.74, 6) is 1.19. The van der Waals surface area contributed by atoms with Gasteiger partial charge in [0.2, 0.25) is 5.82 Å². The highest BCUT2D eigenvalue weighted by Crippen LogP contribution is 2.26. The van der Waals surface area contributed by atoms with Crippen LogP contribution in [0.15, 0.2) is 36.9 Å². The van der Waals surface area contributed by atoms with E-state index in [4.69, 9.17) is 10.7 Å². The van der Waals surface area contributed by atoms with Crippen molar-refractivity contribution < 1.29 is 4.21 Å². The van der Waals surface area contributed by atoms with Gasteiger partial charge >= 0.3 is 0 Å². The van der Waals surface area contributed by atoms with Gasteiger partial charge in [0.15, 0.2) is 0 Å². The molecule has 4 aromatic heterocycles. The van der Waals surface area contributed by atoms with E-state index >= 15 is 0 Å². The highest BCUT2D eigenvalue weighted by atomic mass is 32.2. The fraction of sp³-hybridized carbons (Fsp3) is 0.350. The largest absolute Gasteiger partial charge is 0.382 e. The van der Waals surface area contributed by atoms with Crippen LogP contribution in [0.25, 0.3) is 22.7 Å². The van der Waals surface area contributed by atoms with Crippen molar-refractivity contribution in [1.82, 2.24) is 34.3 Å². The third-order valence-corrected chi connectivity index (χ3v) is 6.70. The Bertz CT molecular complexity index is 1220. The number of aryl methyl sites for hydroxylation is 2. The summed E-state index contributed by atoms with van der Waals surface area (Å²) in [7, 11) is -1.01. The molecule has 0 aliphatic rings. The average molecular weight is 425 g/mol. The third kappa shape index (κ3) is 3.82. The molecule has 0 aliphatic heterocycles. The van der Waals surface area contributed by atoms with Crippen molar-refractivity contribution in [3.63, 3.8) is 0 Å². The van der Waals surface area contributed by atoms with Gasteiger partial charge in [-0.3, -0.25) is 4.21 Å². The SMILES string of the molecule is Cc1cnc2ccc(-c3nc(CCS(=O)C(C)(C)C)c(N)nc3-n3nccn3)cn12. The van der Waals surface area contributed by atoms with Crippen LogP contribution in [-0.4, -0.2) is 49.1 Å². The van der Waals surface area contributed by atoms with Gasteiger partial charge in [-0.2, -0.15) is 10.2 Å².